The molecule has 0 radical (unpaired) electrons. The molecule has 0 amide bonds. The van der Waals surface area contributed by atoms with Gasteiger partial charge in [-0.15, -0.1) is 11.3 Å². The molecule has 0 saturated carbocycles. The van der Waals surface area contributed by atoms with E-state index in [1.54, 1.807) is 18.4 Å². The maximum atomic E-state index is 5.74. The van der Waals surface area contributed by atoms with Crippen LogP contribution in [0.3, 0.4) is 0 Å². The van der Waals surface area contributed by atoms with Gasteiger partial charge in [0.05, 0.1) is 17.7 Å². The van der Waals surface area contributed by atoms with Gasteiger partial charge in [0, 0.05) is 31.1 Å². The lowest BCUT2D eigenvalue weighted by Crippen LogP contribution is -2.39. The smallest absolute Gasteiger partial charge is 0.191 e. The van der Waals surface area contributed by atoms with Crippen molar-refractivity contribution >= 4 is 17.3 Å². The Kier molecular flexibility index (Phi) is 7.91. The predicted molar refractivity (Wildman–Crippen MR) is 110 cm³/mol. The van der Waals surface area contributed by atoms with Crippen molar-refractivity contribution in [1.82, 2.24) is 15.6 Å². The monoisotopic (exact) mass is 374 g/mol. The van der Waals surface area contributed by atoms with E-state index in [0.29, 0.717) is 5.92 Å². The van der Waals surface area contributed by atoms with Gasteiger partial charge >= 0.3 is 0 Å². The maximum absolute atomic E-state index is 5.74. The van der Waals surface area contributed by atoms with Gasteiger partial charge in [-0.05, 0) is 37.5 Å². The summed E-state index contributed by atoms with van der Waals surface area (Å²) in [6.45, 7) is 10.0. The fourth-order valence-electron chi connectivity index (χ4n) is 2.40. The zero-order valence-corrected chi connectivity index (χ0v) is 17.2. The highest BCUT2D eigenvalue weighted by molar-refractivity contribution is 7.11. The SMILES string of the molecule is CN=C(NCCc1ncc(C)s1)NC(C)c1ccc(OCC(C)C)cc1. The zero-order valence-electron chi connectivity index (χ0n) is 16.4. The van der Waals surface area contributed by atoms with Crippen LogP contribution in [0, 0.1) is 12.8 Å². The minimum absolute atomic E-state index is 0.155. The molecule has 1 aromatic carbocycles. The molecular formula is C20H30N4OS. The van der Waals surface area contributed by atoms with E-state index in [0.717, 1.165) is 36.3 Å². The van der Waals surface area contributed by atoms with Crippen molar-refractivity contribution in [2.75, 3.05) is 20.2 Å². The normalized spacial score (nSPS) is 12.9. The fourth-order valence-corrected chi connectivity index (χ4v) is 3.19. The Labute approximate surface area is 160 Å². The molecule has 1 aromatic heterocycles. The van der Waals surface area contributed by atoms with Gasteiger partial charge in [-0.25, -0.2) is 4.98 Å². The number of aromatic nitrogens is 1. The molecule has 0 aliphatic rings. The molecule has 1 atom stereocenters. The van der Waals surface area contributed by atoms with E-state index in [1.165, 1.54) is 10.4 Å². The van der Waals surface area contributed by atoms with Crippen molar-refractivity contribution in [3.05, 3.63) is 45.9 Å². The number of aliphatic imine (C=N–C) groups is 1. The van der Waals surface area contributed by atoms with Crippen LogP contribution in [0.2, 0.25) is 0 Å². The molecule has 0 saturated heterocycles. The van der Waals surface area contributed by atoms with Crippen LogP contribution in [0.5, 0.6) is 5.75 Å². The standard InChI is InChI=1S/C20H30N4OS/c1-14(2)13-25-18-8-6-17(7-9-18)16(4)24-20(21-5)22-11-10-19-23-12-15(3)26-19/h6-9,12,14,16H,10-11,13H2,1-5H3,(H2,21,22,24). The van der Waals surface area contributed by atoms with Gasteiger partial charge in [-0.2, -0.15) is 0 Å². The molecule has 26 heavy (non-hydrogen) atoms. The van der Waals surface area contributed by atoms with Crippen molar-refractivity contribution in [3.8, 4) is 5.75 Å². The Balaban J connectivity index is 1.81. The summed E-state index contributed by atoms with van der Waals surface area (Å²) in [6.07, 6.45) is 2.82. The van der Waals surface area contributed by atoms with Gasteiger partial charge in [0.15, 0.2) is 5.96 Å². The minimum Gasteiger partial charge on any atom is -0.493 e. The van der Waals surface area contributed by atoms with Crippen LogP contribution in [0.25, 0.3) is 0 Å². The lowest BCUT2D eigenvalue weighted by atomic mass is 10.1. The van der Waals surface area contributed by atoms with Crippen LogP contribution < -0.4 is 15.4 Å². The first-order valence-corrected chi connectivity index (χ1v) is 9.90. The fraction of sp³-hybridized carbons (Fsp3) is 0.500. The summed E-state index contributed by atoms with van der Waals surface area (Å²) in [5.41, 5.74) is 1.19. The molecule has 0 aliphatic heterocycles. The van der Waals surface area contributed by atoms with E-state index in [9.17, 15) is 0 Å². The Bertz CT molecular complexity index is 694. The molecule has 1 unspecified atom stereocenters. The summed E-state index contributed by atoms with van der Waals surface area (Å²) < 4.78 is 5.74. The molecule has 0 spiro atoms. The molecular weight excluding hydrogens is 344 g/mol. The van der Waals surface area contributed by atoms with E-state index in [1.807, 2.05) is 18.3 Å². The second-order valence-corrected chi connectivity index (χ2v) is 8.07. The van der Waals surface area contributed by atoms with Crippen molar-refractivity contribution in [3.63, 3.8) is 0 Å². The molecule has 2 aromatic rings. The Morgan fingerprint density at radius 1 is 1.23 bits per heavy atom. The topological polar surface area (TPSA) is 58.5 Å². The third-order valence-corrected chi connectivity index (χ3v) is 4.81. The second-order valence-electron chi connectivity index (χ2n) is 6.75. The second kappa shape index (κ2) is 10.2. The highest BCUT2D eigenvalue weighted by Crippen LogP contribution is 2.18. The molecule has 6 heteroatoms. The number of nitrogens with zero attached hydrogens (tertiary/aromatic N) is 2. The number of hydrogen-bond donors (Lipinski definition) is 2. The van der Waals surface area contributed by atoms with Gasteiger partial charge < -0.3 is 15.4 Å². The number of nitrogens with one attached hydrogen (secondary N) is 2. The maximum Gasteiger partial charge on any atom is 0.191 e. The van der Waals surface area contributed by atoms with Crippen molar-refractivity contribution in [1.29, 1.82) is 0 Å². The summed E-state index contributed by atoms with van der Waals surface area (Å²) in [5, 5.41) is 7.93. The third kappa shape index (κ3) is 6.67. The van der Waals surface area contributed by atoms with Gasteiger partial charge in [0.2, 0.25) is 0 Å². The number of guanidine groups is 1. The Morgan fingerprint density at radius 3 is 2.54 bits per heavy atom. The van der Waals surface area contributed by atoms with Gasteiger partial charge in [-0.1, -0.05) is 26.0 Å². The molecule has 0 bridgehead atoms. The molecule has 2 rings (SSSR count). The van der Waals surface area contributed by atoms with Gasteiger partial charge in [0.1, 0.15) is 5.75 Å². The molecule has 142 valence electrons. The van der Waals surface area contributed by atoms with Crippen molar-refractivity contribution < 1.29 is 4.74 Å². The van der Waals surface area contributed by atoms with Crippen molar-refractivity contribution in [2.24, 2.45) is 10.9 Å². The number of thiazole rings is 1. The van der Waals surface area contributed by atoms with Crippen LogP contribution in [0.4, 0.5) is 0 Å². The first kappa shape index (κ1) is 20.2. The number of ether oxygens (including phenoxy) is 1. The van der Waals surface area contributed by atoms with Gasteiger partial charge in [0.25, 0.3) is 0 Å². The molecule has 1 heterocycles. The summed E-state index contributed by atoms with van der Waals surface area (Å²) in [6, 6.07) is 8.40. The van der Waals surface area contributed by atoms with Crippen LogP contribution in [0.15, 0.2) is 35.5 Å². The number of hydrogen-bond acceptors (Lipinski definition) is 4. The first-order chi connectivity index (χ1) is 12.5. The predicted octanol–water partition coefficient (Wildman–Crippen LogP) is 3.96. The summed E-state index contributed by atoms with van der Waals surface area (Å²) in [7, 11) is 1.79. The molecule has 0 fully saturated rings. The number of aryl methyl sites for hydroxylation is 1. The molecule has 5 nitrogen and oxygen atoms in total. The van der Waals surface area contributed by atoms with E-state index in [4.69, 9.17) is 4.74 Å². The first-order valence-electron chi connectivity index (χ1n) is 9.09. The van der Waals surface area contributed by atoms with Crippen LogP contribution in [0.1, 0.15) is 42.3 Å². The van der Waals surface area contributed by atoms with E-state index >= 15 is 0 Å². The lowest BCUT2D eigenvalue weighted by Gasteiger charge is -2.18. The quantitative estimate of drug-likeness (QED) is 0.542. The van der Waals surface area contributed by atoms with E-state index in [-0.39, 0.29) is 6.04 Å². The average Bonchev–Trinajstić information content (AvgIpc) is 3.04. The Morgan fingerprint density at radius 2 is 1.96 bits per heavy atom. The number of benzene rings is 1. The van der Waals surface area contributed by atoms with E-state index < -0.39 is 0 Å². The third-order valence-electron chi connectivity index (χ3n) is 3.84. The minimum atomic E-state index is 0.155. The highest BCUT2D eigenvalue weighted by Gasteiger charge is 2.08. The molecule has 2 N–H and O–H groups in total. The Hall–Kier alpha value is -2.08. The number of rotatable bonds is 8. The van der Waals surface area contributed by atoms with Crippen LogP contribution >= 0.6 is 11.3 Å². The lowest BCUT2D eigenvalue weighted by molar-refractivity contribution is 0.271. The largest absolute Gasteiger partial charge is 0.493 e. The van der Waals surface area contributed by atoms with Crippen LogP contribution in [-0.2, 0) is 6.42 Å². The van der Waals surface area contributed by atoms with Gasteiger partial charge in [-0.3, -0.25) is 4.99 Å². The molecule has 0 aliphatic carbocycles. The summed E-state index contributed by atoms with van der Waals surface area (Å²) in [5.74, 6) is 2.24. The summed E-state index contributed by atoms with van der Waals surface area (Å²) in [4.78, 5) is 9.94. The van der Waals surface area contributed by atoms with Crippen LogP contribution in [-0.4, -0.2) is 31.1 Å². The van der Waals surface area contributed by atoms with E-state index in [2.05, 4.69) is 60.4 Å². The highest BCUT2D eigenvalue weighted by atomic mass is 32.1. The zero-order chi connectivity index (χ0) is 18.9. The average molecular weight is 375 g/mol. The summed E-state index contributed by atoms with van der Waals surface area (Å²) >= 11 is 1.74. The van der Waals surface area contributed by atoms with Crippen molar-refractivity contribution in [2.45, 2.75) is 40.2 Å².